The van der Waals surface area contributed by atoms with Crippen molar-refractivity contribution >= 4 is 22.6 Å². The van der Waals surface area contributed by atoms with E-state index in [0.29, 0.717) is 10.9 Å². The Morgan fingerprint density at radius 2 is 1.75 bits per heavy atom. The average molecular weight is 380 g/mol. The van der Waals surface area contributed by atoms with Crippen LogP contribution in [0.1, 0.15) is 17.3 Å². The summed E-state index contributed by atoms with van der Waals surface area (Å²) in [7, 11) is 3.11. The summed E-state index contributed by atoms with van der Waals surface area (Å²) in [5, 5.41) is 13.4. The van der Waals surface area contributed by atoms with Crippen molar-refractivity contribution in [2.75, 3.05) is 13.7 Å². The average Bonchev–Trinajstić information content (AvgIpc) is 2.70. The standard InChI is InChI=1S/C21H20N2O5/c1-12(24)11-22-20(26)18-19(25)16-10-14(6-9-17(16)23(2)21(18)27)13-4-7-15(28-3)8-5-13/h4-10,25H,11H2,1-3H3,(H,22,26). The largest absolute Gasteiger partial charge is 0.506 e. The number of hydrogen-bond donors (Lipinski definition) is 2. The molecule has 0 radical (unpaired) electrons. The lowest BCUT2D eigenvalue weighted by Gasteiger charge is -2.13. The highest BCUT2D eigenvalue weighted by Gasteiger charge is 2.21. The Bertz CT molecular complexity index is 1130. The number of carbonyl (C=O) groups excluding carboxylic acids is 2. The molecular weight excluding hydrogens is 360 g/mol. The van der Waals surface area contributed by atoms with Crippen LogP contribution >= 0.6 is 0 Å². The number of hydrogen-bond acceptors (Lipinski definition) is 5. The van der Waals surface area contributed by atoms with Crippen LogP contribution in [0.5, 0.6) is 11.5 Å². The molecule has 0 saturated heterocycles. The second-order valence-corrected chi connectivity index (χ2v) is 6.43. The zero-order chi connectivity index (χ0) is 20.4. The number of aryl methyl sites for hydroxylation is 1. The first-order chi connectivity index (χ1) is 13.3. The lowest BCUT2D eigenvalue weighted by atomic mass is 10.0. The number of amides is 1. The third kappa shape index (κ3) is 3.46. The summed E-state index contributed by atoms with van der Waals surface area (Å²) in [6.45, 7) is 1.10. The molecule has 3 aromatic rings. The number of pyridine rings is 1. The minimum Gasteiger partial charge on any atom is -0.506 e. The van der Waals surface area contributed by atoms with E-state index in [1.807, 2.05) is 30.3 Å². The number of nitrogens with zero attached hydrogens (tertiary/aromatic N) is 1. The van der Waals surface area contributed by atoms with E-state index in [9.17, 15) is 19.5 Å². The zero-order valence-corrected chi connectivity index (χ0v) is 15.8. The van der Waals surface area contributed by atoms with Crippen LogP contribution in [0, 0.1) is 0 Å². The van der Waals surface area contributed by atoms with Gasteiger partial charge in [0, 0.05) is 12.4 Å². The summed E-state index contributed by atoms with van der Waals surface area (Å²) in [5.41, 5.74) is 1.16. The third-order valence-corrected chi connectivity index (χ3v) is 4.52. The van der Waals surface area contributed by atoms with Crippen LogP contribution in [0.3, 0.4) is 0 Å². The zero-order valence-electron chi connectivity index (χ0n) is 15.8. The predicted molar refractivity (Wildman–Crippen MR) is 106 cm³/mol. The summed E-state index contributed by atoms with van der Waals surface area (Å²) >= 11 is 0. The Hall–Kier alpha value is -3.61. The van der Waals surface area contributed by atoms with Crippen molar-refractivity contribution in [1.82, 2.24) is 9.88 Å². The van der Waals surface area contributed by atoms with Crippen molar-refractivity contribution in [3.05, 3.63) is 58.4 Å². The molecule has 0 atom stereocenters. The van der Waals surface area contributed by atoms with Gasteiger partial charge in [-0.25, -0.2) is 0 Å². The molecule has 0 unspecified atom stereocenters. The van der Waals surface area contributed by atoms with Gasteiger partial charge in [0.15, 0.2) is 0 Å². The van der Waals surface area contributed by atoms with Gasteiger partial charge in [-0.3, -0.25) is 14.4 Å². The van der Waals surface area contributed by atoms with Crippen LogP contribution in [0.25, 0.3) is 22.0 Å². The van der Waals surface area contributed by atoms with Crippen LogP contribution in [0.15, 0.2) is 47.3 Å². The smallest absolute Gasteiger partial charge is 0.267 e. The molecule has 1 aromatic heterocycles. The van der Waals surface area contributed by atoms with Gasteiger partial charge >= 0.3 is 0 Å². The molecule has 0 aliphatic carbocycles. The maximum Gasteiger partial charge on any atom is 0.267 e. The number of fused-ring (bicyclic) bond motifs is 1. The molecule has 0 saturated carbocycles. The summed E-state index contributed by atoms with van der Waals surface area (Å²) in [4.78, 5) is 36.0. The molecule has 0 bridgehead atoms. The maximum absolute atomic E-state index is 12.6. The summed E-state index contributed by atoms with van der Waals surface area (Å²) < 4.78 is 6.46. The number of aromatic hydroxyl groups is 1. The fourth-order valence-corrected chi connectivity index (χ4v) is 2.99. The molecule has 7 heteroatoms. The highest BCUT2D eigenvalue weighted by atomic mass is 16.5. The SMILES string of the molecule is COc1ccc(-c2ccc3c(c2)c(O)c(C(=O)NCC(C)=O)c(=O)n3C)cc1. The molecule has 144 valence electrons. The van der Waals surface area contributed by atoms with Crippen molar-refractivity contribution in [2.45, 2.75) is 6.92 Å². The Kier molecular flexibility index (Phi) is 5.17. The van der Waals surface area contributed by atoms with Gasteiger partial charge in [0.05, 0.1) is 19.2 Å². The maximum atomic E-state index is 12.6. The monoisotopic (exact) mass is 380 g/mol. The molecule has 0 aliphatic rings. The number of ketones is 1. The van der Waals surface area contributed by atoms with E-state index in [-0.39, 0.29) is 17.9 Å². The molecular formula is C21H20N2O5. The second kappa shape index (κ2) is 7.56. The predicted octanol–water partition coefficient (Wildman–Crippen LogP) is 2.24. The van der Waals surface area contributed by atoms with Crippen LogP contribution < -0.4 is 15.6 Å². The van der Waals surface area contributed by atoms with Gasteiger partial charge in [-0.05, 0) is 42.3 Å². The fourth-order valence-electron chi connectivity index (χ4n) is 2.99. The Morgan fingerprint density at radius 3 is 2.36 bits per heavy atom. The lowest BCUT2D eigenvalue weighted by Crippen LogP contribution is -2.34. The van der Waals surface area contributed by atoms with Gasteiger partial charge in [-0.1, -0.05) is 18.2 Å². The van der Waals surface area contributed by atoms with Crippen molar-refractivity contribution in [3.63, 3.8) is 0 Å². The van der Waals surface area contributed by atoms with Crippen molar-refractivity contribution < 1.29 is 19.4 Å². The van der Waals surface area contributed by atoms with E-state index in [4.69, 9.17) is 4.74 Å². The first-order valence-corrected chi connectivity index (χ1v) is 8.61. The highest BCUT2D eigenvalue weighted by Crippen LogP contribution is 2.31. The Morgan fingerprint density at radius 1 is 1.11 bits per heavy atom. The van der Waals surface area contributed by atoms with Crippen molar-refractivity contribution in [3.8, 4) is 22.6 Å². The first kappa shape index (κ1) is 19.2. The van der Waals surface area contributed by atoms with Crippen molar-refractivity contribution in [2.24, 2.45) is 7.05 Å². The number of Topliss-reactive ketones (excluding diaryl/α,β-unsaturated/α-hetero) is 1. The van der Waals surface area contributed by atoms with Crippen LogP contribution in [-0.2, 0) is 11.8 Å². The molecule has 0 aliphatic heterocycles. The number of benzene rings is 2. The number of nitrogens with one attached hydrogen (secondary N) is 1. The minimum absolute atomic E-state index is 0.217. The van der Waals surface area contributed by atoms with Gasteiger partial charge in [-0.2, -0.15) is 0 Å². The number of methoxy groups -OCH3 is 1. The second-order valence-electron chi connectivity index (χ2n) is 6.43. The first-order valence-electron chi connectivity index (χ1n) is 8.61. The topological polar surface area (TPSA) is 97.6 Å². The van der Waals surface area contributed by atoms with E-state index in [2.05, 4.69) is 5.32 Å². The quantitative estimate of drug-likeness (QED) is 0.707. The fraction of sp³-hybridized carbons (Fsp3) is 0.190. The normalized spacial score (nSPS) is 10.7. The van der Waals surface area contributed by atoms with Gasteiger partial charge in [-0.15, -0.1) is 0 Å². The van der Waals surface area contributed by atoms with Crippen molar-refractivity contribution in [1.29, 1.82) is 0 Å². The van der Waals surface area contributed by atoms with E-state index in [1.165, 1.54) is 18.5 Å². The molecule has 28 heavy (non-hydrogen) atoms. The van der Waals surface area contributed by atoms with Gasteiger partial charge in [0.25, 0.3) is 11.5 Å². The van der Waals surface area contributed by atoms with E-state index >= 15 is 0 Å². The number of carbonyl (C=O) groups is 2. The number of rotatable bonds is 5. The Balaban J connectivity index is 2.15. The summed E-state index contributed by atoms with van der Waals surface area (Å²) in [5.74, 6) is -0.731. The van der Waals surface area contributed by atoms with Crippen LogP contribution in [0.2, 0.25) is 0 Å². The molecule has 1 amide bonds. The molecule has 0 spiro atoms. The van der Waals surface area contributed by atoms with Crippen LogP contribution in [-0.4, -0.2) is 35.0 Å². The third-order valence-electron chi connectivity index (χ3n) is 4.52. The van der Waals surface area contributed by atoms with Gasteiger partial charge in [0.2, 0.25) is 0 Å². The summed E-state index contributed by atoms with van der Waals surface area (Å²) in [6.07, 6.45) is 0. The molecule has 2 aromatic carbocycles. The molecule has 0 fully saturated rings. The minimum atomic E-state index is -0.787. The van der Waals surface area contributed by atoms with E-state index in [0.717, 1.165) is 16.9 Å². The number of ether oxygens (including phenoxy) is 1. The van der Waals surface area contributed by atoms with E-state index in [1.54, 1.807) is 19.2 Å². The Labute approximate surface area is 161 Å². The highest BCUT2D eigenvalue weighted by molar-refractivity contribution is 6.04. The molecule has 3 rings (SSSR count). The lowest BCUT2D eigenvalue weighted by molar-refractivity contribution is -0.116. The molecule has 2 N–H and O–H groups in total. The number of aromatic nitrogens is 1. The van der Waals surface area contributed by atoms with E-state index < -0.39 is 17.2 Å². The summed E-state index contributed by atoms with van der Waals surface area (Å²) in [6, 6.07) is 12.7. The molecule has 7 nitrogen and oxygen atoms in total. The van der Waals surface area contributed by atoms with Crippen LogP contribution in [0.4, 0.5) is 0 Å². The molecule has 1 heterocycles. The van der Waals surface area contributed by atoms with Gasteiger partial charge < -0.3 is 19.7 Å². The van der Waals surface area contributed by atoms with Gasteiger partial charge in [0.1, 0.15) is 22.8 Å².